The van der Waals surface area contributed by atoms with Crippen molar-refractivity contribution in [1.82, 2.24) is 15.5 Å². The van der Waals surface area contributed by atoms with Gasteiger partial charge in [0.25, 0.3) is 5.91 Å². The van der Waals surface area contributed by atoms with Gasteiger partial charge in [-0.15, -0.1) is 10.2 Å². The van der Waals surface area contributed by atoms with E-state index >= 15 is 0 Å². The van der Waals surface area contributed by atoms with Gasteiger partial charge in [0.05, 0.1) is 0 Å². The zero-order chi connectivity index (χ0) is 12.1. The molecule has 2 rings (SSSR count). The van der Waals surface area contributed by atoms with Crippen molar-refractivity contribution in [3.05, 3.63) is 17.8 Å². The third kappa shape index (κ3) is 3.69. The molecule has 1 aromatic rings. The molecule has 5 heteroatoms. The molecule has 1 aliphatic carbocycles. The van der Waals surface area contributed by atoms with Crippen molar-refractivity contribution in [3.8, 4) is 0 Å². The molecule has 0 unspecified atom stereocenters. The van der Waals surface area contributed by atoms with E-state index in [0.717, 1.165) is 18.3 Å². The minimum absolute atomic E-state index is 0.176. The highest BCUT2D eigenvalue weighted by molar-refractivity contribution is 5.92. The number of rotatable bonds is 6. The molecule has 0 spiro atoms. The predicted octanol–water partition coefficient (Wildman–Crippen LogP) is 1.44. The predicted molar refractivity (Wildman–Crippen MR) is 65.9 cm³/mol. The lowest BCUT2D eigenvalue weighted by Crippen LogP contribution is -2.24. The Hall–Kier alpha value is -1.65. The van der Waals surface area contributed by atoms with E-state index in [-0.39, 0.29) is 5.91 Å². The van der Waals surface area contributed by atoms with Gasteiger partial charge in [-0.1, -0.05) is 12.8 Å². The first-order valence-electron chi connectivity index (χ1n) is 6.15. The Morgan fingerprint density at radius 3 is 2.82 bits per heavy atom. The van der Waals surface area contributed by atoms with E-state index in [1.807, 2.05) is 6.92 Å². The summed E-state index contributed by atoms with van der Waals surface area (Å²) in [6, 6.07) is 3.49. The van der Waals surface area contributed by atoms with Crippen LogP contribution in [0.1, 0.15) is 36.7 Å². The minimum atomic E-state index is -0.176. The molecule has 0 aliphatic heterocycles. The monoisotopic (exact) mass is 234 g/mol. The molecule has 0 aromatic carbocycles. The quantitative estimate of drug-likeness (QED) is 0.781. The number of aromatic nitrogens is 2. The van der Waals surface area contributed by atoms with Crippen LogP contribution in [-0.2, 0) is 0 Å². The maximum Gasteiger partial charge on any atom is 0.271 e. The van der Waals surface area contributed by atoms with Crippen LogP contribution < -0.4 is 10.6 Å². The first-order valence-corrected chi connectivity index (χ1v) is 6.15. The van der Waals surface area contributed by atoms with Crippen molar-refractivity contribution in [3.63, 3.8) is 0 Å². The molecule has 92 valence electrons. The van der Waals surface area contributed by atoms with Gasteiger partial charge in [-0.25, -0.2) is 0 Å². The fourth-order valence-electron chi connectivity index (χ4n) is 1.61. The Kier molecular flexibility index (Phi) is 3.90. The molecule has 0 bridgehead atoms. The SMILES string of the molecule is CCNC(=O)c1ccc(NCCC2CC2)nn1. The number of hydrogen-bond acceptors (Lipinski definition) is 4. The summed E-state index contributed by atoms with van der Waals surface area (Å²) in [5, 5.41) is 13.8. The lowest BCUT2D eigenvalue weighted by atomic mass is 10.3. The summed E-state index contributed by atoms with van der Waals surface area (Å²) in [6.45, 7) is 3.40. The molecule has 1 aromatic heterocycles. The number of hydrogen-bond donors (Lipinski definition) is 2. The molecule has 0 radical (unpaired) electrons. The zero-order valence-electron chi connectivity index (χ0n) is 10.1. The summed E-state index contributed by atoms with van der Waals surface area (Å²) in [6.07, 6.45) is 3.92. The number of nitrogens with zero attached hydrogens (tertiary/aromatic N) is 2. The summed E-state index contributed by atoms with van der Waals surface area (Å²) in [5.74, 6) is 1.47. The molecule has 1 amide bonds. The molecule has 17 heavy (non-hydrogen) atoms. The number of carbonyl (C=O) groups is 1. The molecule has 1 heterocycles. The second-order valence-corrected chi connectivity index (χ2v) is 4.32. The first-order chi connectivity index (χ1) is 8.29. The second-order valence-electron chi connectivity index (χ2n) is 4.32. The average Bonchev–Trinajstić information content (AvgIpc) is 3.14. The summed E-state index contributed by atoms with van der Waals surface area (Å²) in [7, 11) is 0. The van der Waals surface area contributed by atoms with Gasteiger partial charge < -0.3 is 10.6 Å². The maximum atomic E-state index is 11.4. The number of nitrogens with one attached hydrogen (secondary N) is 2. The van der Waals surface area contributed by atoms with E-state index in [4.69, 9.17) is 0 Å². The lowest BCUT2D eigenvalue weighted by molar-refractivity contribution is 0.0950. The average molecular weight is 234 g/mol. The standard InChI is InChI=1S/C12H18N4O/c1-2-13-12(17)10-5-6-11(16-15-10)14-8-7-9-3-4-9/h5-6,9H,2-4,7-8H2,1H3,(H,13,17)(H,14,16). The summed E-state index contributed by atoms with van der Waals surface area (Å²) < 4.78 is 0. The van der Waals surface area contributed by atoms with E-state index in [1.54, 1.807) is 12.1 Å². The van der Waals surface area contributed by atoms with Gasteiger partial charge in [-0.2, -0.15) is 0 Å². The van der Waals surface area contributed by atoms with Gasteiger partial charge in [0.2, 0.25) is 0 Å². The van der Waals surface area contributed by atoms with Gasteiger partial charge in [0, 0.05) is 13.1 Å². The Balaban J connectivity index is 1.81. The lowest BCUT2D eigenvalue weighted by Gasteiger charge is -2.05. The topological polar surface area (TPSA) is 66.9 Å². The van der Waals surface area contributed by atoms with Crippen LogP contribution in [0.25, 0.3) is 0 Å². The largest absolute Gasteiger partial charge is 0.369 e. The van der Waals surface area contributed by atoms with Crippen molar-refractivity contribution in [1.29, 1.82) is 0 Å². The van der Waals surface area contributed by atoms with Crippen LogP contribution >= 0.6 is 0 Å². The minimum Gasteiger partial charge on any atom is -0.369 e. The molecular formula is C12H18N4O. The number of anilines is 1. The van der Waals surface area contributed by atoms with Gasteiger partial charge in [-0.05, 0) is 31.4 Å². The molecule has 5 nitrogen and oxygen atoms in total. The van der Waals surface area contributed by atoms with Crippen LogP contribution in [0.4, 0.5) is 5.82 Å². The van der Waals surface area contributed by atoms with Gasteiger partial charge >= 0.3 is 0 Å². The number of carbonyl (C=O) groups excluding carboxylic acids is 1. The Morgan fingerprint density at radius 2 is 2.24 bits per heavy atom. The Labute approximate surface area is 101 Å². The van der Waals surface area contributed by atoms with E-state index in [0.29, 0.717) is 12.2 Å². The molecule has 1 saturated carbocycles. The third-order valence-electron chi connectivity index (χ3n) is 2.79. The highest BCUT2D eigenvalue weighted by Gasteiger charge is 2.20. The summed E-state index contributed by atoms with van der Waals surface area (Å²) >= 11 is 0. The zero-order valence-corrected chi connectivity index (χ0v) is 10.1. The normalized spacial score (nSPS) is 14.4. The van der Waals surface area contributed by atoms with Gasteiger partial charge in [0.15, 0.2) is 5.69 Å². The molecule has 0 atom stereocenters. The van der Waals surface area contributed by atoms with Crippen molar-refractivity contribution in [2.24, 2.45) is 5.92 Å². The van der Waals surface area contributed by atoms with E-state index in [1.165, 1.54) is 19.3 Å². The van der Waals surface area contributed by atoms with E-state index < -0.39 is 0 Å². The van der Waals surface area contributed by atoms with Gasteiger partial charge in [0.1, 0.15) is 5.82 Å². The Bertz CT molecular complexity index is 373. The molecule has 2 N–H and O–H groups in total. The number of amides is 1. The van der Waals surface area contributed by atoms with Crippen molar-refractivity contribution in [2.45, 2.75) is 26.2 Å². The smallest absolute Gasteiger partial charge is 0.271 e. The fourth-order valence-corrected chi connectivity index (χ4v) is 1.61. The van der Waals surface area contributed by atoms with E-state index in [2.05, 4.69) is 20.8 Å². The first kappa shape index (κ1) is 11.8. The van der Waals surface area contributed by atoms with Gasteiger partial charge in [-0.3, -0.25) is 4.79 Å². The fraction of sp³-hybridized carbons (Fsp3) is 0.583. The van der Waals surface area contributed by atoms with Crippen LogP contribution in [0.15, 0.2) is 12.1 Å². The van der Waals surface area contributed by atoms with Crippen molar-refractivity contribution >= 4 is 11.7 Å². The van der Waals surface area contributed by atoms with E-state index in [9.17, 15) is 4.79 Å². The summed E-state index contributed by atoms with van der Waals surface area (Å²) in [4.78, 5) is 11.4. The molecular weight excluding hydrogens is 216 g/mol. The highest BCUT2D eigenvalue weighted by atomic mass is 16.1. The Morgan fingerprint density at radius 1 is 1.41 bits per heavy atom. The summed E-state index contributed by atoms with van der Waals surface area (Å²) in [5.41, 5.74) is 0.361. The van der Waals surface area contributed by atoms with Crippen molar-refractivity contribution in [2.75, 3.05) is 18.4 Å². The highest BCUT2D eigenvalue weighted by Crippen LogP contribution is 2.31. The van der Waals surface area contributed by atoms with Crippen LogP contribution in [0, 0.1) is 5.92 Å². The van der Waals surface area contributed by atoms with Crippen LogP contribution in [0.2, 0.25) is 0 Å². The molecule has 1 fully saturated rings. The molecule has 1 aliphatic rings. The van der Waals surface area contributed by atoms with Crippen molar-refractivity contribution < 1.29 is 4.79 Å². The maximum absolute atomic E-state index is 11.4. The molecule has 0 saturated heterocycles. The second kappa shape index (κ2) is 5.61. The van der Waals surface area contributed by atoms with Crippen LogP contribution in [0.5, 0.6) is 0 Å². The van der Waals surface area contributed by atoms with Crippen LogP contribution in [-0.4, -0.2) is 29.2 Å². The van der Waals surface area contributed by atoms with Crippen LogP contribution in [0.3, 0.4) is 0 Å². The third-order valence-corrected chi connectivity index (χ3v) is 2.79.